The number of hydrogen-bond acceptors (Lipinski definition) is 5. The minimum absolute atomic E-state index is 0.185. The number of benzene rings is 1. The van der Waals surface area contributed by atoms with Crippen LogP contribution in [0.5, 0.6) is 11.5 Å². The summed E-state index contributed by atoms with van der Waals surface area (Å²) in [5.74, 6) is 1.34. The van der Waals surface area contributed by atoms with Gasteiger partial charge in [0.05, 0.1) is 20.6 Å². The fourth-order valence-corrected chi connectivity index (χ4v) is 1.85. The predicted molar refractivity (Wildman–Crippen MR) is 78.9 cm³/mol. The van der Waals surface area contributed by atoms with Crippen molar-refractivity contribution in [3.63, 3.8) is 0 Å². The van der Waals surface area contributed by atoms with Crippen molar-refractivity contribution < 1.29 is 14.3 Å². The predicted octanol–water partition coefficient (Wildman–Crippen LogP) is 2.33. The molecule has 0 radical (unpaired) electrons. The highest BCUT2D eigenvalue weighted by molar-refractivity contribution is 6.29. The van der Waals surface area contributed by atoms with Gasteiger partial charge in [0.25, 0.3) is 0 Å². The van der Waals surface area contributed by atoms with Crippen molar-refractivity contribution in [2.45, 2.75) is 6.42 Å². The van der Waals surface area contributed by atoms with Crippen molar-refractivity contribution in [2.24, 2.45) is 0 Å². The van der Waals surface area contributed by atoms with Crippen molar-refractivity contribution in [3.8, 4) is 11.5 Å². The number of amides is 1. The van der Waals surface area contributed by atoms with Gasteiger partial charge in [-0.15, -0.1) is 10.2 Å². The van der Waals surface area contributed by atoms with Gasteiger partial charge in [0.15, 0.2) is 22.5 Å². The second-order valence-electron chi connectivity index (χ2n) is 4.16. The lowest BCUT2D eigenvalue weighted by Crippen LogP contribution is -2.15. The van der Waals surface area contributed by atoms with Crippen LogP contribution in [0.15, 0.2) is 30.3 Å². The van der Waals surface area contributed by atoms with Crippen molar-refractivity contribution in [3.05, 3.63) is 41.0 Å². The summed E-state index contributed by atoms with van der Waals surface area (Å²) in [5, 5.41) is 10.3. The van der Waals surface area contributed by atoms with Gasteiger partial charge in [-0.3, -0.25) is 4.79 Å². The van der Waals surface area contributed by atoms with E-state index in [1.807, 2.05) is 0 Å². The summed E-state index contributed by atoms with van der Waals surface area (Å²) in [6.07, 6.45) is 0.185. The number of halogens is 1. The first-order chi connectivity index (χ1) is 10.1. The third-order valence-electron chi connectivity index (χ3n) is 2.71. The van der Waals surface area contributed by atoms with E-state index in [-0.39, 0.29) is 17.5 Å². The molecule has 0 unspecified atom stereocenters. The minimum Gasteiger partial charge on any atom is -0.493 e. The van der Waals surface area contributed by atoms with E-state index in [0.29, 0.717) is 17.3 Å². The molecule has 2 rings (SSSR count). The zero-order valence-corrected chi connectivity index (χ0v) is 12.3. The van der Waals surface area contributed by atoms with Gasteiger partial charge in [0, 0.05) is 0 Å². The quantitative estimate of drug-likeness (QED) is 0.917. The molecule has 0 saturated heterocycles. The molecule has 1 aromatic heterocycles. The van der Waals surface area contributed by atoms with Crippen LogP contribution in [0.2, 0.25) is 5.15 Å². The molecular weight excluding hydrogens is 294 g/mol. The van der Waals surface area contributed by atoms with Gasteiger partial charge < -0.3 is 14.8 Å². The van der Waals surface area contributed by atoms with E-state index in [1.165, 1.54) is 0 Å². The maximum atomic E-state index is 11.9. The number of nitrogens with zero attached hydrogens (tertiary/aromatic N) is 2. The Balaban J connectivity index is 2.04. The van der Waals surface area contributed by atoms with Crippen LogP contribution in [-0.2, 0) is 11.2 Å². The molecule has 0 aliphatic carbocycles. The molecule has 0 aliphatic rings. The monoisotopic (exact) mass is 307 g/mol. The number of rotatable bonds is 5. The molecule has 0 saturated carbocycles. The second-order valence-corrected chi connectivity index (χ2v) is 4.54. The highest BCUT2D eigenvalue weighted by Crippen LogP contribution is 2.27. The first-order valence-corrected chi connectivity index (χ1v) is 6.50. The number of carbonyl (C=O) groups excluding carboxylic acids is 1. The number of aromatic nitrogens is 2. The molecule has 110 valence electrons. The molecule has 0 bridgehead atoms. The average molecular weight is 308 g/mol. The van der Waals surface area contributed by atoms with Crippen LogP contribution in [0.25, 0.3) is 0 Å². The number of carbonyl (C=O) groups is 1. The number of anilines is 1. The van der Waals surface area contributed by atoms with E-state index in [0.717, 1.165) is 5.56 Å². The molecule has 1 amide bonds. The Morgan fingerprint density at radius 2 is 1.90 bits per heavy atom. The zero-order valence-electron chi connectivity index (χ0n) is 11.6. The van der Waals surface area contributed by atoms with Gasteiger partial charge in [0.1, 0.15) is 0 Å². The minimum atomic E-state index is -0.209. The molecule has 1 N–H and O–H groups in total. The Hall–Kier alpha value is -2.34. The number of methoxy groups -OCH3 is 2. The van der Waals surface area contributed by atoms with Crippen LogP contribution in [0.1, 0.15) is 5.56 Å². The lowest BCUT2D eigenvalue weighted by atomic mass is 10.1. The zero-order chi connectivity index (χ0) is 15.2. The van der Waals surface area contributed by atoms with Gasteiger partial charge in [-0.05, 0) is 29.8 Å². The lowest BCUT2D eigenvalue weighted by molar-refractivity contribution is -0.115. The number of hydrogen-bond donors (Lipinski definition) is 1. The van der Waals surface area contributed by atoms with Crippen LogP contribution in [0.3, 0.4) is 0 Å². The first kappa shape index (κ1) is 15.1. The van der Waals surface area contributed by atoms with E-state index in [2.05, 4.69) is 15.5 Å². The standard InChI is InChI=1S/C14H14ClN3O3/c1-20-10-4-3-9(7-11(10)21-2)8-14(19)16-13-6-5-12(15)17-18-13/h3-7H,8H2,1-2H3,(H,16,18,19). The molecule has 0 aliphatic heterocycles. The van der Waals surface area contributed by atoms with Crippen LogP contribution < -0.4 is 14.8 Å². The third kappa shape index (κ3) is 4.06. The van der Waals surface area contributed by atoms with E-state index in [4.69, 9.17) is 21.1 Å². The van der Waals surface area contributed by atoms with Crippen LogP contribution in [0, 0.1) is 0 Å². The molecule has 21 heavy (non-hydrogen) atoms. The maximum absolute atomic E-state index is 11.9. The summed E-state index contributed by atoms with van der Waals surface area (Å²) >= 11 is 5.63. The Bertz CT molecular complexity index is 632. The molecule has 1 aromatic carbocycles. The lowest BCUT2D eigenvalue weighted by Gasteiger charge is -2.09. The van der Waals surface area contributed by atoms with Crippen LogP contribution >= 0.6 is 11.6 Å². The Morgan fingerprint density at radius 1 is 1.14 bits per heavy atom. The summed E-state index contributed by atoms with van der Waals surface area (Å²) in [4.78, 5) is 11.9. The van der Waals surface area contributed by atoms with Crippen molar-refractivity contribution >= 4 is 23.3 Å². The van der Waals surface area contributed by atoms with Crippen LogP contribution in [0.4, 0.5) is 5.82 Å². The van der Waals surface area contributed by atoms with Crippen molar-refractivity contribution in [1.82, 2.24) is 10.2 Å². The van der Waals surface area contributed by atoms with E-state index >= 15 is 0 Å². The van der Waals surface area contributed by atoms with Gasteiger partial charge >= 0.3 is 0 Å². The summed E-state index contributed by atoms with van der Waals surface area (Å²) in [6, 6.07) is 8.45. The Kier molecular flexibility index (Phi) is 4.94. The fraction of sp³-hybridized carbons (Fsp3) is 0.214. The molecule has 1 heterocycles. The summed E-state index contributed by atoms with van der Waals surface area (Å²) in [7, 11) is 3.11. The average Bonchev–Trinajstić information content (AvgIpc) is 2.49. The topological polar surface area (TPSA) is 73.3 Å². The Morgan fingerprint density at radius 3 is 2.52 bits per heavy atom. The van der Waals surface area contributed by atoms with Crippen LogP contribution in [-0.4, -0.2) is 30.3 Å². The fourth-order valence-electron chi connectivity index (χ4n) is 1.75. The van der Waals surface area contributed by atoms with E-state index in [1.54, 1.807) is 44.6 Å². The van der Waals surface area contributed by atoms with E-state index in [9.17, 15) is 4.79 Å². The van der Waals surface area contributed by atoms with Crippen molar-refractivity contribution in [1.29, 1.82) is 0 Å². The molecule has 6 nitrogen and oxygen atoms in total. The highest BCUT2D eigenvalue weighted by Gasteiger charge is 2.09. The first-order valence-electron chi connectivity index (χ1n) is 6.12. The molecular formula is C14H14ClN3O3. The molecule has 0 atom stereocenters. The van der Waals surface area contributed by atoms with Gasteiger partial charge in [0.2, 0.25) is 5.91 Å². The smallest absolute Gasteiger partial charge is 0.229 e. The number of ether oxygens (including phenoxy) is 2. The Labute approximate surface area is 127 Å². The second kappa shape index (κ2) is 6.90. The van der Waals surface area contributed by atoms with Gasteiger partial charge in [-0.2, -0.15) is 0 Å². The summed E-state index contributed by atoms with van der Waals surface area (Å²) < 4.78 is 10.3. The summed E-state index contributed by atoms with van der Waals surface area (Å²) in [5.41, 5.74) is 0.798. The van der Waals surface area contributed by atoms with Crippen molar-refractivity contribution in [2.75, 3.05) is 19.5 Å². The maximum Gasteiger partial charge on any atom is 0.229 e. The normalized spacial score (nSPS) is 10.0. The number of nitrogens with one attached hydrogen (secondary N) is 1. The highest BCUT2D eigenvalue weighted by atomic mass is 35.5. The molecule has 7 heteroatoms. The van der Waals surface area contributed by atoms with Gasteiger partial charge in [-0.1, -0.05) is 17.7 Å². The summed E-state index contributed by atoms with van der Waals surface area (Å²) in [6.45, 7) is 0. The largest absolute Gasteiger partial charge is 0.493 e. The molecule has 2 aromatic rings. The molecule has 0 fully saturated rings. The van der Waals surface area contributed by atoms with Gasteiger partial charge in [-0.25, -0.2) is 0 Å². The van der Waals surface area contributed by atoms with E-state index < -0.39 is 0 Å². The third-order valence-corrected chi connectivity index (χ3v) is 2.91. The molecule has 0 spiro atoms. The SMILES string of the molecule is COc1ccc(CC(=O)Nc2ccc(Cl)nn2)cc1OC.